The first-order chi connectivity index (χ1) is 15.4. The normalized spacial score (nSPS) is 21.8. The lowest BCUT2D eigenvalue weighted by Crippen LogP contribution is -2.47. The van der Waals surface area contributed by atoms with E-state index in [1.54, 1.807) is 18.2 Å². The molecule has 2 aromatic rings. The van der Waals surface area contributed by atoms with Gasteiger partial charge in [0.1, 0.15) is 11.4 Å². The standard InChI is InChI=1S/C25H35N5O2/c1-6-25(3)16-30(18-10-8-7-9-11-18)22-20(29(4)23(25)31)15-26-24(28-22)27-19-13-12-17(2)14-21(19)32-5/h12-15,18H,6-11,16H2,1-5H3,(H,26,27,28). The highest BCUT2D eigenvalue weighted by Crippen LogP contribution is 2.41. The topological polar surface area (TPSA) is 70.6 Å². The number of carbonyl (C=O) groups is 1. The van der Waals surface area contributed by atoms with Crippen LogP contribution in [-0.4, -0.2) is 42.6 Å². The zero-order valence-electron chi connectivity index (χ0n) is 19.9. The minimum absolute atomic E-state index is 0.129. The van der Waals surface area contributed by atoms with Crippen molar-refractivity contribution in [3.05, 3.63) is 30.0 Å². The van der Waals surface area contributed by atoms with E-state index < -0.39 is 5.41 Å². The molecule has 2 aliphatic rings. The second kappa shape index (κ2) is 8.96. The predicted octanol–water partition coefficient (Wildman–Crippen LogP) is 5.07. The van der Waals surface area contributed by atoms with E-state index in [9.17, 15) is 4.79 Å². The fourth-order valence-corrected chi connectivity index (χ4v) is 4.89. The summed E-state index contributed by atoms with van der Waals surface area (Å²) in [6.07, 6.45) is 8.56. The fraction of sp³-hybridized carbons (Fsp3) is 0.560. The van der Waals surface area contributed by atoms with Gasteiger partial charge in [-0.25, -0.2) is 4.98 Å². The van der Waals surface area contributed by atoms with Crippen molar-refractivity contribution in [3.63, 3.8) is 0 Å². The van der Waals surface area contributed by atoms with Crippen LogP contribution in [0, 0.1) is 12.3 Å². The maximum Gasteiger partial charge on any atom is 0.234 e. The molecule has 0 bridgehead atoms. The number of amides is 1. The zero-order chi connectivity index (χ0) is 22.9. The zero-order valence-corrected chi connectivity index (χ0v) is 19.9. The Morgan fingerprint density at radius 2 is 2.00 bits per heavy atom. The summed E-state index contributed by atoms with van der Waals surface area (Å²) < 4.78 is 5.54. The molecule has 7 heteroatoms. The maximum atomic E-state index is 13.4. The van der Waals surface area contributed by atoms with Crippen LogP contribution in [0.3, 0.4) is 0 Å². The Kier molecular flexibility index (Phi) is 6.26. The number of nitrogens with zero attached hydrogens (tertiary/aromatic N) is 4. The van der Waals surface area contributed by atoms with E-state index in [0.717, 1.165) is 47.8 Å². The molecule has 1 amide bonds. The largest absolute Gasteiger partial charge is 0.495 e. The number of rotatable bonds is 5. The number of fused-ring (bicyclic) bond motifs is 1. The molecule has 2 heterocycles. The molecule has 1 aromatic carbocycles. The maximum absolute atomic E-state index is 13.4. The van der Waals surface area contributed by atoms with Crippen molar-refractivity contribution in [1.82, 2.24) is 9.97 Å². The Morgan fingerprint density at radius 3 is 2.69 bits per heavy atom. The lowest BCUT2D eigenvalue weighted by Gasteiger charge is -2.38. The number of anilines is 4. The van der Waals surface area contributed by atoms with Crippen LogP contribution in [-0.2, 0) is 4.79 Å². The lowest BCUT2D eigenvalue weighted by molar-refractivity contribution is -0.126. The van der Waals surface area contributed by atoms with Crippen molar-refractivity contribution in [2.75, 3.05) is 35.8 Å². The first-order valence-electron chi connectivity index (χ1n) is 11.7. The number of aryl methyl sites for hydroxylation is 1. The van der Waals surface area contributed by atoms with E-state index in [-0.39, 0.29) is 5.91 Å². The molecular formula is C25H35N5O2. The highest BCUT2D eigenvalue weighted by molar-refractivity contribution is 6.01. The quantitative estimate of drug-likeness (QED) is 0.704. The highest BCUT2D eigenvalue weighted by atomic mass is 16.5. The van der Waals surface area contributed by atoms with Gasteiger partial charge in [0.15, 0.2) is 5.82 Å². The second-order valence-corrected chi connectivity index (χ2v) is 9.43. The minimum atomic E-state index is -0.458. The molecule has 1 aliphatic heterocycles. The monoisotopic (exact) mass is 437 g/mol. The molecule has 1 aliphatic carbocycles. The van der Waals surface area contributed by atoms with Crippen molar-refractivity contribution in [2.24, 2.45) is 5.41 Å². The van der Waals surface area contributed by atoms with Crippen LogP contribution in [0.1, 0.15) is 57.9 Å². The number of hydrogen-bond donors (Lipinski definition) is 1. The average Bonchev–Trinajstić information content (AvgIpc) is 2.90. The van der Waals surface area contributed by atoms with E-state index in [0.29, 0.717) is 18.5 Å². The van der Waals surface area contributed by atoms with E-state index in [4.69, 9.17) is 9.72 Å². The summed E-state index contributed by atoms with van der Waals surface area (Å²) in [6, 6.07) is 6.39. The van der Waals surface area contributed by atoms with Crippen molar-refractivity contribution in [1.29, 1.82) is 0 Å². The highest BCUT2D eigenvalue weighted by Gasteiger charge is 2.43. The van der Waals surface area contributed by atoms with Crippen molar-refractivity contribution < 1.29 is 9.53 Å². The van der Waals surface area contributed by atoms with Gasteiger partial charge in [0.25, 0.3) is 0 Å². The summed E-state index contributed by atoms with van der Waals surface area (Å²) in [5.74, 6) is 2.23. The lowest BCUT2D eigenvalue weighted by atomic mass is 9.84. The van der Waals surface area contributed by atoms with Gasteiger partial charge in [-0.1, -0.05) is 32.3 Å². The molecule has 4 rings (SSSR count). The third-order valence-corrected chi connectivity index (χ3v) is 7.12. The first-order valence-corrected chi connectivity index (χ1v) is 11.7. The predicted molar refractivity (Wildman–Crippen MR) is 129 cm³/mol. The third kappa shape index (κ3) is 4.12. The number of hydrogen-bond acceptors (Lipinski definition) is 6. The summed E-state index contributed by atoms with van der Waals surface area (Å²) in [6.45, 7) is 6.89. The summed E-state index contributed by atoms with van der Waals surface area (Å²) in [5.41, 5.74) is 2.26. The fourth-order valence-electron chi connectivity index (χ4n) is 4.89. The Labute approximate surface area is 191 Å². The number of aromatic nitrogens is 2. The van der Waals surface area contributed by atoms with E-state index in [2.05, 4.69) is 29.0 Å². The van der Waals surface area contributed by atoms with Gasteiger partial charge in [-0.15, -0.1) is 0 Å². The SMILES string of the molecule is CCC1(C)CN(C2CCCCC2)c2nc(Nc3ccc(C)cc3OC)ncc2N(C)C1=O. The third-order valence-electron chi connectivity index (χ3n) is 7.12. The smallest absolute Gasteiger partial charge is 0.234 e. The second-order valence-electron chi connectivity index (χ2n) is 9.43. The molecule has 7 nitrogen and oxygen atoms in total. The van der Waals surface area contributed by atoms with Gasteiger partial charge in [-0.3, -0.25) is 4.79 Å². The molecule has 0 radical (unpaired) electrons. The van der Waals surface area contributed by atoms with Crippen LogP contribution in [0.5, 0.6) is 5.75 Å². The molecule has 1 fully saturated rings. The average molecular weight is 438 g/mol. The van der Waals surface area contributed by atoms with Crippen molar-refractivity contribution in [3.8, 4) is 5.75 Å². The Hall–Kier alpha value is -2.83. The summed E-state index contributed by atoms with van der Waals surface area (Å²) in [4.78, 5) is 27.1. The van der Waals surface area contributed by atoms with Gasteiger partial charge < -0.3 is 19.9 Å². The molecule has 1 saturated carbocycles. The number of methoxy groups -OCH3 is 1. The summed E-state index contributed by atoms with van der Waals surface area (Å²) >= 11 is 0. The van der Waals surface area contributed by atoms with Gasteiger partial charge in [0, 0.05) is 19.6 Å². The van der Waals surface area contributed by atoms with Gasteiger partial charge >= 0.3 is 0 Å². The van der Waals surface area contributed by atoms with Crippen LogP contribution in [0.4, 0.5) is 23.1 Å². The molecule has 1 unspecified atom stereocenters. The van der Waals surface area contributed by atoms with Gasteiger partial charge in [0.05, 0.1) is 24.4 Å². The molecular weight excluding hydrogens is 402 g/mol. The number of carbonyl (C=O) groups excluding carboxylic acids is 1. The Morgan fingerprint density at radius 1 is 1.25 bits per heavy atom. The molecule has 1 N–H and O–H groups in total. The van der Waals surface area contributed by atoms with Gasteiger partial charge in [-0.2, -0.15) is 4.98 Å². The molecule has 32 heavy (non-hydrogen) atoms. The van der Waals surface area contributed by atoms with E-state index in [1.165, 1.54) is 19.3 Å². The number of benzene rings is 1. The van der Waals surface area contributed by atoms with Crippen LogP contribution >= 0.6 is 0 Å². The van der Waals surface area contributed by atoms with Crippen molar-refractivity contribution >= 4 is 29.0 Å². The van der Waals surface area contributed by atoms with E-state index in [1.807, 2.05) is 32.2 Å². The van der Waals surface area contributed by atoms with Gasteiger partial charge in [-0.05, 0) is 50.8 Å². The molecule has 0 saturated heterocycles. The van der Waals surface area contributed by atoms with Crippen LogP contribution < -0.4 is 19.9 Å². The van der Waals surface area contributed by atoms with Crippen LogP contribution in [0.15, 0.2) is 24.4 Å². The first kappa shape index (κ1) is 22.4. The van der Waals surface area contributed by atoms with Gasteiger partial charge in [0.2, 0.25) is 11.9 Å². The van der Waals surface area contributed by atoms with Crippen molar-refractivity contribution in [2.45, 2.75) is 65.3 Å². The Bertz CT molecular complexity index is 988. The minimum Gasteiger partial charge on any atom is -0.495 e. The molecule has 172 valence electrons. The number of nitrogens with one attached hydrogen (secondary N) is 1. The number of ether oxygens (including phenoxy) is 1. The van der Waals surface area contributed by atoms with Crippen LogP contribution in [0.25, 0.3) is 0 Å². The Balaban J connectivity index is 1.76. The summed E-state index contributed by atoms with van der Waals surface area (Å²) in [7, 11) is 3.51. The van der Waals surface area contributed by atoms with Crippen LogP contribution in [0.2, 0.25) is 0 Å². The molecule has 1 atom stereocenters. The molecule has 1 aromatic heterocycles. The summed E-state index contributed by atoms with van der Waals surface area (Å²) in [5, 5.41) is 3.33. The van der Waals surface area contributed by atoms with E-state index >= 15 is 0 Å². The molecule has 0 spiro atoms.